The number of hydrogen-bond donors (Lipinski definition) is 1. The Morgan fingerprint density at radius 3 is 3.00 bits per heavy atom. The molecule has 3 rings (SSSR count). The van der Waals surface area contributed by atoms with E-state index in [9.17, 15) is 0 Å². The summed E-state index contributed by atoms with van der Waals surface area (Å²) in [6, 6.07) is 6.68. The number of fused-ring (bicyclic) bond motifs is 1. The Morgan fingerprint density at radius 2 is 2.32 bits per heavy atom. The van der Waals surface area contributed by atoms with Gasteiger partial charge in [0, 0.05) is 11.8 Å². The van der Waals surface area contributed by atoms with E-state index in [2.05, 4.69) is 15.6 Å². The topological polar surface area (TPSA) is 29.9 Å². The first kappa shape index (κ1) is 13.1. The van der Waals surface area contributed by atoms with Crippen molar-refractivity contribution in [2.24, 2.45) is 0 Å². The summed E-state index contributed by atoms with van der Waals surface area (Å²) in [7, 11) is 0. The zero-order valence-corrected chi connectivity index (χ0v) is 12.8. The lowest BCUT2D eigenvalue weighted by atomic mass is 10.2. The number of thioether (sulfide) groups is 1. The summed E-state index contributed by atoms with van der Waals surface area (Å²) in [4.78, 5) is 3.32. The van der Waals surface area contributed by atoms with Crippen molar-refractivity contribution in [2.45, 2.75) is 32.4 Å². The molecular formula is C14H18N2OS2. The number of hydrogen-bond acceptors (Lipinski definition) is 3. The minimum absolute atomic E-state index is 0.165. The molecule has 2 aromatic rings. The van der Waals surface area contributed by atoms with Crippen molar-refractivity contribution in [1.29, 1.82) is 0 Å². The van der Waals surface area contributed by atoms with Crippen molar-refractivity contribution in [3.63, 3.8) is 0 Å². The van der Waals surface area contributed by atoms with Gasteiger partial charge in [0.05, 0.1) is 11.6 Å². The molecule has 1 aliphatic rings. The van der Waals surface area contributed by atoms with Gasteiger partial charge in [-0.1, -0.05) is 6.07 Å². The first-order valence-corrected chi connectivity index (χ1v) is 8.20. The van der Waals surface area contributed by atoms with Crippen LogP contribution in [-0.4, -0.2) is 27.2 Å². The number of H-pyrrole nitrogens is 1. The van der Waals surface area contributed by atoms with Gasteiger partial charge in [-0.15, -0.1) is 0 Å². The summed E-state index contributed by atoms with van der Waals surface area (Å²) in [5.74, 6) is 3.26. The number of imidazole rings is 1. The van der Waals surface area contributed by atoms with Crippen molar-refractivity contribution in [2.75, 3.05) is 11.5 Å². The molecule has 1 unspecified atom stereocenters. The van der Waals surface area contributed by atoms with Gasteiger partial charge in [0.1, 0.15) is 11.3 Å². The molecular weight excluding hydrogens is 276 g/mol. The van der Waals surface area contributed by atoms with Crippen molar-refractivity contribution < 1.29 is 4.74 Å². The van der Waals surface area contributed by atoms with E-state index in [0.29, 0.717) is 6.04 Å². The average molecular weight is 294 g/mol. The van der Waals surface area contributed by atoms with Crippen LogP contribution < -0.4 is 4.74 Å². The molecule has 1 saturated heterocycles. The third-order valence-corrected chi connectivity index (χ3v) is 4.79. The number of aromatic amines is 1. The number of nitrogens with zero attached hydrogens (tertiary/aromatic N) is 1. The maximum absolute atomic E-state index is 5.86. The zero-order chi connectivity index (χ0) is 13.4. The molecule has 0 amide bonds. The summed E-state index contributed by atoms with van der Waals surface area (Å²) in [5.41, 5.74) is 2.19. The van der Waals surface area contributed by atoms with E-state index in [0.717, 1.165) is 27.3 Å². The van der Waals surface area contributed by atoms with Gasteiger partial charge in [0.25, 0.3) is 0 Å². The fraction of sp³-hybridized carbons (Fsp3) is 0.500. The van der Waals surface area contributed by atoms with Crippen LogP contribution in [-0.2, 0) is 0 Å². The highest BCUT2D eigenvalue weighted by molar-refractivity contribution is 7.99. The third kappa shape index (κ3) is 2.41. The van der Waals surface area contributed by atoms with E-state index < -0.39 is 0 Å². The number of ether oxygens (including phenoxy) is 1. The SMILES string of the molecule is CC(C)Oc1cccc2c1[nH]c(=S)n2C1CCSC1. The predicted octanol–water partition coefficient (Wildman–Crippen LogP) is 4.16. The van der Waals surface area contributed by atoms with Gasteiger partial charge >= 0.3 is 0 Å². The Labute approximate surface area is 122 Å². The fourth-order valence-corrected chi connectivity index (χ4v) is 4.11. The van der Waals surface area contributed by atoms with Crippen LogP contribution >= 0.6 is 24.0 Å². The lowest BCUT2D eigenvalue weighted by molar-refractivity contribution is 0.245. The summed E-state index contributed by atoms with van der Waals surface area (Å²) >= 11 is 7.51. The Morgan fingerprint density at radius 1 is 1.47 bits per heavy atom. The molecule has 0 bridgehead atoms. The predicted molar refractivity (Wildman–Crippen MR) is 83.9 cm³/mol. The summed E-state index contributed by atoms with van der Waals surface area (Å²) in [6.45, 7) is 4.08. The first-order valence-electron chi connectivity index (χ1n) is 6.64. The summed E-state index contributed by atoms with van der Waals surface area (Å²) in [6.07, 6.45) is 1.36. The minimum atomic E-state index is 0.165. The van der Waals surface area contributed by atoms with Crippen molar-refractivity contribution >= 4 is 35.0 Å². The maximum atomic E-state index is 5.86. The van der Waals surface area contributed by atoms with E-state index >= 15 is 0 Å². The smallest absolute Gasteiger partial charge is 0.178 e. The average Bonchev–Trinajstić information content (AvgIpc) is 2.95. The van der Waals surface area contributed by atoms with Gasteiger partial charge < -0.3 is 14.3 Å². The van der Waals surface area contributed by atoms with Gasteiger partial charge in [-0.3, -0.25) is 0 Å². The second kappa shape index (κ2) is 5.21. The van der Waals surface area contributed by atoms with Crippen LogP contribution in [0.5, 0.6) is 5.75 Å². The highest BCUT2D eigenvalue weighted by Crippen LogP contribution is 2.33. The van der Waals surface area contributed by atoms with Gasteiger partial charge in [0.2, 0.25) is 0 Å². The molecule has 0 aliphatic carbocycles. The van der Waals surface area contributed by atoms with Gasteiger partial charge in [-0.05, 0) is 50.4 Å². The Bertz CT molecular complexity index is 638. The molecule has 3 nitrogen and oxygen atoms in total. The summed E-state index contributed by atoms with van der Waals surface area (Å²) in [5, 5.41) is 0. The molecule has 1 aliphatic heterocycles. The van der Waals surface area contributed by atoms with Crippen LogP contribution in [0.15, 0.2) is 18.2 Å². The lowest BCUT2D eigenvalue weighted by Crippen LogP contribution is -2.08. The number of nitrogens with one attached hydrogen (secondary N) is 1. The largest absolute Gasteiger partial charge is 0.489 e. The van der Waals surface area contributed by atoms with E-state index in [-0.39, 0.29) is 6.10 Å². The fourth-order valence-electron chi connectivity index (χ4n) is 2.56. The van der Waals surface area contributed by atoms with Gasteiger partial charge in [-0.2, -0.15) is 11.8 Å². The van der Waals surface area contributed by atoms with Crippen LogP contribution in [0.2, 0.25) is 0 Å². The Balaban J connectivity index is 2.13. The molecule has 1 fully saturated rings. The Hall–Kier alpha value is -0.940. The molecule has 19 heavy (non-hydrogen) atoms. The second-order valence-electron chi connectivity index (χ2n) is 5.13. The number of benzene rings is 1. The van der Waals surface area contributed by atoms with Crippen LogP contribution in [0.1, 0.15) is 26.3 Å². The molecule has 1 aromatic carbocycles. The van der Waals surface area contributed by atoms with E-state index in [1.165, 1.54) is 12.2 Å². The van der Waals surface area contributed by atoms with Crippen molar-refractivity contribution in [3.8, 4) is 5.75 Å². The lowest BCUT2D eigenvalue weighted by Gasteiger charge is -2.13. The zero-order valence-electron chi connectivity index (χ0n) is 11.2. The number of para-hydroxylation sites is 1. The van der Waals surface area contributed by atoms with Crippen LogP contribution in [0.25, 0.3) is 11.0 Å². The molecule has 102 valence electrons. The molecule has 1 atom stereocenters. The summed E-state index contributed by atoms with van der Waals surface area (Å²) < 4.78 is 8.93. The standard InChI is InChI=1S/C14H18N2OS2/c1-9(2)17-12-5-3-4-11-13(12)15-14(18)16(11)10-6-7-19-8-10/h3-5,9-10H,6-8H2,1-2H3,(H,15,18). The van der Waals surface area contributed by atoms with Crippen LogP contribution in [0, 0.1) is 4.77 Å². The number of rotatable bonds is 3. The molecule has 2 heterocycles. The monoisotopic (exact) mass is 294 g/mol. The Kier molecular flexibility index (Phi) is 3.58. The van der Waals surface area contributed by atoms with E-state index in [1.807, 2.05) is 37.7 Å². The van der Waals surface area contributed by atoms with Crippen molar-refractivity contribution in [1.82, 2.24) is 9.55 Å². The molecule has 0 spiro atoms. The minimum Gasteiger partial charge on any atom is -0.489 e. The quantitative estimate of drug-likeness (QED) is 0.862. The highest BCUT2D eigenvalue weighted by Gasteiger charge is 2.21. The van der Waals surface area contributed by atoms with Gasteiger partial charge in [0.15, 0.2) is 4.77 Å². The highest BCUT2D eigenvalue weighted by atomic mass is 32.2. The molecule has 5 heteroatoms. The first-order chi connectivity index (χ1) is 9.16. The second-order valence-corrected chi connectivity index (χ2v) is 6.67. The maximum Gasteiger partial charge on any atom is 0.178 e. The van der Waals surface area contributed by atoms with E-state index in [1.54, 1.807) is 0 Å². The molecule has 1 N–H and O–H groups in total. The molecule has 0 saturated carbocycles. The van der Waals surface area contributed by atoms with E-state index in [4.69, 9.17) is 17.0 Å². The normalized spacial score (nSPS) is 19.4. The van der Waals surface area contributed by atoms with Crippen molar-refractivity contribution in [3.05, 3.63) is 23.0 Å². The van der Waals surface area contributed by atoms with Crippen LogP contribution in [0.3, 0.4) is 0 Å². The van der Waals surface area contributed by atoms with Gasteiger partial charge in [-0.25, -0.2) is 0 Å². The molecule has 0 radical (unpaired) electrons. The van der Waals surface area contributed by atoms with Crippen LogP contribution in [0.4, 0.5) is 0 Å². The number of aromatic nitrogens is 2. The third-order valence-electron chi connectivity index (χ3n) is 3.35. The molecule has 1 aromatic heterocycles.